The number of allylic oxidation sites excluding steroid dienone is 3. The number of rotatable bonds is 10. The summed E-state index contributed by atoms with van der Waals surface area (Å²) in [6.07, 6.45) is 9.04. The van der Waals surface area contributed by atoms with E-state index in [1.54, 1.807) is 0 Å². The van der Waals surface area contributed by atoms with Crippen LogP contribution in [0.15, 0.2) is 23.3 Å². The molecule has 0 spiro atoms. The Balaban J connectivity index is 1.96. The molecule has 3 N–H and O–H groups in total. The van der Waals surface area contributed by atoms with Gasteiger partial charge in [-0.1, -0.05) is 36.1 Å². The largest absolute Gasteiger partial charge is 0.480 e. The van der Waals surface area contributed by atoms with Crippen LogP contribution in [0.25, 0.3) is 0 Å². The fourth-order valence-electron chi connectivity index (χ4n) is 2.21. The molecular formula is C16H25NO4. The zero-order valence-electron chi connectivity index (χ0n) is 12.6. The van der Waals surface area contributed by atoms with Gasteiger partial charge in [-0.25, -0.2) is 0 Å². The summed E-state index contributed by atoms with van der Waals surface area (Å²) in [4.78, 5) is 22.0. The van der Waals surface area contributed by atoms with Gasteiger partial charge < -0.3 is 15.6 Å². The summed E-state index contributed by atoms with van der Waals surface area (Å²) < 4.78 is 5.18. The van der Waals surface area contributed by atoms with Crippen LogP contribution in [0.2, 0.25) is 0 Å². The van der Waals surface area contributed by atoms with Gasteiger partial charge in [0.05, 0.1) is 6.61 Å². The molecule has 0 aliphatic heterocycles. The monoisotopic (exact) mass is 295 g/mol. The standard InChI is InChI=1S/C16H25NO4/c1-12-7-8-13(11-12)9-10-21-15(18)6-4-2-3-5-14(17)16(19)20/h7-8,14H,2-6,9-11,17H2,1H3,(H,19,20)/t14-/m0/s1. The average molecular weight is 295 g/mol. The molecule has 1 aliphatic carbocycles. The minimum Gasteiger partial charge on any atom is -0.480 e. The third-order valence-corrected chi connectivity index (χ3v) is 3.51. The Morgan fingerprint density at radius 3 is 2.71 bits per heavy atom. The Morgan fingerprint density at radius 2 is 2.10 bits per heavy atom. The Hall–Kier alpha value is -1.62. The maximum absolute atomic E-state index is 11.5. The summed E-state index contributed by atoms with van der Waals surface area (Å²) in [7, 11) is 0. The van der Waals surface area contributed by atoms with E-state index in [2.05, 4.69) is 19.1 Å². The second kappa shape index (κ2) is 9.34. The Labute approximate surface area is 125 Å². The summed E-state index contributed by atoms with van der Waals surface area (Å²) in [5.41, 5.74) is 8.04. The summed E-state index contributed by atoms with van der Waals surface area (Å²) in [5.74, 6) is -1.15. The van der Waals surface area contributed by atoms with Crippen LogP contribution >= 0.6 is 0 Å². The number of ether oxygens (including phenoxy) is 1. The fraction of sp³-hybridized carbons (Fsp3) is 0.625. The van der Waals surface area contributed by atoms with Gasteiger partial charge in [0.2, 0.25) is 0 Å². The van der Waals surface area contributed by atoms with E-state index in [1.807, 2.05) is 0 Å². The number of carboxylic acid groups (broad SMARTS) is 1. The third kappa shape index (κ3) is 7.66. The first-order valence-electron chi connectivity index (χ1n) is 7.48. The minimum atomic E-state index is -0.972. The smallest absolute Gasteiger partial charge is 0.320 e. The molecule has 0 aromatic carbocycles. The summed E-state index contributed by atoms with van der Waals surface area (Å²) in [6, 6.07) is -0.797. The lowest BCUT2D eigenvalue weighted by Crippen LogP contribution is -2.29. The predicted molar refractivity (Wildman–Crippen MR) is 80.7 cm³/mol. The zero-order valence-corrected chi connectivity index (χ0v) is 12.6. The molecule has 1 aliphatic rings. The highest BCUT2D eigenvalue weighted by atomic mass is 16.5. The van der Waals surface area contributed by atoms with Crippen molar-refractivity contribution in [1.82, 2.24) is 0 Å². The van der Waals surface area contributed by atoms with Crippen molar-refractivity contribution in [3.05, 3.63) is 23.3 Å². The van der Waals surface area contributed by atoms with Crippen molar-refractivity contribution in [2.75, 3.05) is 6.61 Å². The molecule has 0 radical (unpaired) electrons. The van der Waals surface area contributed by atoms with Crippen molar-refractivity contribution in [1.29, 1.82) is 0 Å². The molecule has 1 rings (SSSR count). The van der Waals surface area contributed by atoms with Crippen molar-refractivity contribution in [2.24, 2.45) is 5.73 Å². The van der Waals surface area contributed by atoms with Crippen molar-refractivity contribution in [2.45, 2.75) is 57.9 Å². The molecule has 0 bridgehead atoms. The normalized spacial score (nSPS) is 15.3. The molecule has 5 nitrogen and oxygen atoms in total. The number of hydrogen-bond acceptors (Lipinski definition) is 4. The quantitative estimate of drug-likeness (QED) is 0.477. The maximum atomic E-state index is 11.5. The maximum Gasteiger partial charge on any atom is 0.320 e. The number of carbonyl (C=O) groups is 2. The van der Waals surface area contributed by atoms with Gasteiger partial charge in [-0.3, -0.25) is 9.59 Å². The van der Waals surface area contributed by atoms with E-state index in [0.717, 1.165) is 25.7 Å². The average Bonchev–Trinajstić information content (AvgIpc) is 2.83. The lowest BCUT2D eigenvalue weighted by molar-refractivity contribution is -0.143. The molecule has 0 heterocycles. The number of esters is 1. The fourth-order valence-corrected chi connectivity index (χ4v) is 2.21. The number of unbranched alkanes of at least 4 members (excludes halogenated alkanes) is 2. The number of nitrogens with two attached hydrogens (primary N) is 1. The van der Waals surface area contributed by atoms with E-state index in [1.165, 1.54) is 11.1 Å². The molecule has 118 valence electrons. The number of aliphatic carboxylic acids is 1. The van der Waals surface area contributed by atoms with Crippen molar-refractivity contribution in [3.8, 4) is 0 Å². The van der Waals surface area contributed by atoms with Crippen molar-refractivity contribution >= 4 is 11.9 Å². The number of carboxylic acids is 1. The second-order valence-corrected chi connectivity index (χ2v) is 5.53. The molecule has 0 saturated carbocycles. The van der Waals surface area contributed by atoms with E-state index >= 15 is 0 Å². The Morgan fingerprint density at radius 1 is 1.33 bits per heavy atom. The van der Waals surface area contributed by atoms with Gasteiger partial charge >= 0.3 is 11.9 Å². The SMILES string of the molecule is CC1=CC=C(CCOC(=O)CCCCC[C@H](N)C(=O)O)C1. The highest BCUT2D eigenvalue weighted by Crippen LogP contribution is 2.20. The molecule has 0 amide bonds. The van der Waals surface area contributed by atoms with Gasteiger partial charge in [-0.15, -0.1) is 0 Å². The Kier molecular flexibility index (Phi) is 7.75. The highest BCUT2D eigenvalue weighted by molar-refractivity contribution is 5.72. The first-order valence-corrected chi connectivity index (χ1v) is 7.48. The molecule has 21 heavy (non-hydrogen) atoms. The first kappa shape index (κ1) is 17.4. The van der Waals surface area contributed by atoms with Gasteiger partial charge in [-0.2, -0.15) is 0 Å². The van der Waals surface area contributed by atoms with Gasteiger partial charge in [0.15, 0.2) is 0 Å². The van der Waals surface area contributed by atoms with Gasteiger partial charge in [0.25, 0.3) is 0 Å². The van der Waals surface area contributed by atoms with Crippen molar-refractivity contribution in [3.63, 3.8) is 0 Å². The molecular weight excluding hydrogens is 270 g/mol. The van der Waals surface area contributed by atoms with Crippen LogP contribution < -0.4 is 5.73 Å². The first-order chi connectivity index (χ1) is 9.99. The second-order valence-electron chi connectivity index (χ2n) is 5.53. The van der Waals surface area contributed by atoms with Crippen LogP contribution in [-0.2, 0) is 14.3 Å². The third-order valence-electron chi connectivity index (χ3n) is 3.51. The van der Waals surface area contributed by atoms with E-state index in [0.29, 0.717) is 25.9 Å². The number of carbonyl (C=O) groups excluding carboxylic acids is 1. The summed E-state index contributed by atoms with van der Waals surface area (Å²) in [5, 5.41) is 8.62. The highest BCUT2D eigenvalue weighted by Gasteiger charge is 2.11. The zero-order chi connectivity index (χ0) is 15.7. The van der Waals surface area contributed by atoms with Crippen LogP contribution in [0.1, 0.15) is 51.9 Å². The van der Waals surface area contributed by atoms with Crippen LogP contribution in [0.4, 0.5) is 0 Å². The Bertz CT molecular complexity index is 426. The lowest BCUT2D eigenvalue weighted by Gasteiger charge is -2.07. The lowest BCUT2D eigenvalue weighted by atomic mass is 10.1. The van der Waals surface area contributed by atoms with Crippen LogP contribution in [0.3, 0.4) is 0 Å². The molecule has 0 fully saturated rings. The minimum absolute atomic E-state index is 0.180. The molecule has 0 aromatic rings. The summed E-state index contributed by atoms with van der Waals surface area (Å²) >= 11 is 0. The molecule has 0 saturated heterocycles. The van der Waals surface area contributed by atoms with E-state index < -0.39 is 12.0 Å². The molecule has 0 aromatic heterocycles. The molecule has 0 unspecified atom stereocenters. The molecule has 5 heteroatoms. The van der Waals surface area contributed by atoms with Crippen LogP contribution in [0.5, 0.6) is 0 Å². The van der Waals surface area contributed by atoms with Gasteiger partial charge in [0.1, 0.15) is 6.04 Å². The predicted octanol–water partition coefficient (Wildman–Crippen LogP) is 2.56. The van der Waals surface area contributed by atoms with Crippen LogP contribution in [-0.4, -0.2) is 29.7 Å². The van der Waals surface area contributed by atoms with E-state index in [4.69, 9.17) is 15.6 Å². The number of hydrogen-bond donors (Lipinski definition) is 2. The van der Waals surface area contributed by atoms with Crippen molar-refractivity contribution < 1.29 is 19.4 Å². The summed E-state index contributed by atoms with van der Waals surface area (Å²) in [6.45, 7) is 2.53. The van der Waals surface area contributed by atoms with E-state index in [-0.39, 0.29) is 5.97 Å². The molecule has 1 atom stereocenters. The van der Waals surface area contributed by atoms with E-state index in [9.17, 15) is 9.59 Å². The van der Waals surface area contributed by atoms with Gasteiger partial charge in [-0.05, 0) is 26.2 Å². The topological polar surface area (TPSA) is 89.6 Å². The van der Waals surface area contributed by atoms with Crippen LogP contribution in [0, 0.1) is 0 Å². The van der Waals surface area contributed by atoms with Gasteiger partial charge in [0, 0.05) is 12.8 Å².